The monoisotopic (exact) mass is 277 g/mol. The average molecular weight is 278 g/mol. The number of nitriles is 1. The first-order valence-electron chi connectivity index (χ1n) is 4.54. The molecule has 0 bridgehead atoms. The van der Waals surface area contributed by atoms with Gasteiger partial charge in [-0.25, -0.2) is 0 Å². The van der Waals surface area contributed by atoms with E-state index >= 15 is 0 Å². The van der Waals surface area contributed by atoms with Gasteiger partial charge < -0.3 is 10.2 Å². The van der Waals surface area contributed by atoms with E-state index in [9.17, 15) is 0 Å². The molecule has 80 valence electrons. The Morgan fingerprint density at radius 1 is 1.50 bits per heavy atom. The summed E-state index contributed by atoms with van der Waals surface area (Å²) in [6, 6.07) is 7.55. The van der Waals surface area contributed by atoms with E-state index in [1.165, 1.54) is 0 Å². The molecule has 0 atom stereocenters. The second kappa shape index (κ2) is 3.99. The summed E-state index contributed by atoms with van der Waals surface area (Å²) < 4.78 is 6.17. The van der Waals surface area contributed by atoms with Crippen molar-refractivity contribution in [2.24, 2.45) is 0 Å². The van der Waals surface area contributed by atoms with Gasteiger partial charge in [0, 0.05) is 10.0 Å². The van der Waals surface area contributed by atoms with Gasteiger partial charge in [0.15, 0.2) is 0 Å². The van der Waals surface area contributed by atoms with Crippen LogP contribution < -0.4 is 5.73 Å². The zero-order chi connectivity index (χ0) is 11.7. The van der Waals surface area contributed by atoms with Crippen LogP contribution in [-0.4, -0.2) is 4.98 Å². The van der Waals surface area contributed by atoms with Crippen molar-refractivity contribution in [2.75, 3.05) is 5.73 Å². The zero-order valence-electron chi connectivity index (χ0n) is 8.49. The van der Waals surface area contributed by atoms with E-state index in [2.05, 4.69) is 20.9 Å². The lowest BCUT2D eigenvalue weighted by atomic mass is 10.1. The highest BCUT2D eigenvalue weighted by Crippen LogP contribution is 2.27. The Morgan fingerprint density at radius 3 is 2.81 bits per heavy atom. The predicted molar refractivity (Wildman–Crippen MR) is 63.5 cm³/mol. The van der Waals surface area contributed by atoms with Gasteiger partial charge in [0.05, 0.1) is 0 Å². The van der Waals surface area contributed by atoms with Gasteiger partial charge in [0.2, 0.25) is 17.5 Å². The van der Waals surface area contributed by atoms with Crippen LogP contribution in [0.15, 0.2) is 27.1 Å². The van der Waals surface area contributed by atoms with Crippen LogP contribution in [0.2, 0.25) is 0 Å². The number of aromatic nitrogens is 1. The van der Waals surface area contributed by atoms with Gasteiger partial charge in [-0.3, -0.25) is 0 Å². The van der Waals surface area contributed by atoms with Gasteiger partial charge in [-0.2, -0.15) is 10.2 Å². The first-order valence-corrected chi connectivity index (χ1v) is 5.34. The molecule has 0 amide bonds. The Morgan fingerprint density at radius 2 is 2.25 bits per heavy atom. The minimum Gasteiger partial charge on any atom is -0.419 e. The molecule has 0 aliphatic carbocycles. The molecule has 2 N–H and O–H groups in total. The molecule has 1 heterocycles. The third-order valence-corrected chi connectivity index (χ3v) is 3.03. The van der Waals surface area contributed by atoms with Crippen molar-refractivity contribution < 1.29 is 4.42 Å². The molecule has 0 saturated heterocycles. The van der Waals surface area contributed by atoms with Crippen molar-refractivity contribution in [1.82, 2.24) is 4.98 Å². The van der Waals surface area contributed by atoms with Crippen LogP contribution in [0.5, 0.6) is 0 Å². The molecule has 0 fully saturated rings. The van der Waals surface area contributed by atoms with E-state index in [-0.39, 0.29) is 11.6 Å². The van der Waals surface area contributed by atoms with Gasteiger partial charge in [-0.15, -0.1) is 0 Å². The van der Waals surface area contributed by atoms with Crippen molar-refractivity contribution in [3.63, 3.8) is 0 Å². The van der Waals surface area contributed by atoms with Crippen LogP contribution >= 0.6 is 15.9 Å². The van der Waals surface area contributed by atoms with Crippen molar-refractivity contribution in [3.05, 3.63) is 33.9 Å². The number of anilines is 1. The maximum absolute atomic E-state index is 8.72. The highest BCUT2D eigenvalue weighted by atomic mass is 79.9. The standard InChI is InChI=1S/C11H8BrN3O/c1-6-2-3-7(4-8(6)12)11-15-9(5-13)10(14)16-11/h2-4H,14H2,1H3. The Labute approximate surface area is 101 Å². The van der Waals surface area contributed by atoms with Crippen molar-refractivity contribution >= 4 is 21.8 Å². The Kier molecular flexibility index (Phi) is 2.67. The Bertz CT molecular complexity index is 583. The fraction of sp³-hybridized carbons (Fsp3) is 0.0909. The quantitative estimate of drug-likeness (QED) is 0.870. The smallest absolute Gasteiger partial charge is 0.230 e. The third kappa shape index (κ3) is 1.79. The third-order valence-electron chi connectivity index (χ3n) is 2.18. The summed E-state index contributed by atoms with van der Waals surface area (Å²) in [6.07, 6.45) is 0. The first-order chi connectivity index (χ1) is 7.61. The van der Waals surface area contributed by atoms with Crippen LogP contribution in [0.4, 0.5) is 5.88 Å². The molecule has 1 aromatic carbocycles. The predicted octanol–water partition coefficient (Wildman–Crippen LogP) is 2.87. The van der Waals surface area contributed by atoms with Crippen molar-refractivity contribution in [2.45, 2.75) is 6.92 Å². The van der Waals surface area contributed by atoms with Gasteiger partial charge >= 0.3 is 0 Å². The fourth-order valence-electron chi connectivity index (χ4n) is 1.26. The molecular formula is C11H8BrN3O. The van der Waals surface area contributed by atoms with Crippen molar-refractivity contribution in [1.29, 1.82) is 5.26 Å². The molecule has 0 aliphatic rings. The van der Waals surface area contributed by atoms with Gasteiger partial charge in [0.1, 0.15) is 6.07 Å². The maximum atomic E-state index is 8.72. The molecule has 4 nitrogen and oxygen atoms in total. The number of nitrogen functional groups attached to an aromatic ring is 1. The van der Waals surface area contributed by atoms with E-state index < -0.39 is 0 Å². The van der Waals surface area contributed by atoms with E-state index in [1.54, 1.807) is 0 Å². The lowest BCUT2D eigenvalue weighted by Gasteiger charge is -1.99. The number of hydrogen-bond donors (Lipinski definition) is 1. The molecule has 0 saturated carbocycles. The molecule has 0 unspecified atom stereocenters. The molecular weight excluding hydrogens is 270 g/mol. The van der Waals surface area contributed by atoms with E-state index in [1.807, 2.05) is 31.2 Å². The largest absolute Gasteiger partial charge is 0.419 e. The molecule has 1 aromatic heterocycles. The van der Waals surface area contributed by atoms with Gasteiger partial charge in [-0.1, -0.05) is 22.0 Å². The first kappa shape index (κ1) is 10.7. The number of hydrogen-bond acceptors (Lipinski definition) is 4. The van der Waals surface area contributed by atoms with Gasteiger partial charge in [-0.05, 0) is 24.6 Å². The zero-order valence-corrected chi connectivity index (χ0v) is 10.1. The normalized spacial score (nSPS) is 10.1. The minimum atomic E-state index is 0.0502. The minimum absolute atomic E-state index is 0.0502. The number of rotatable bonds is 1. The van der Waals surface area contributed by atoms with E-state index in [0.717, 1.165) is 15.6 Å². The maximum Gasteiger partial charge on any atom is 0.230 e. The fourth-order valence-corrected chi connectivity index (χ4v) is 1.64. The summed E-state index contributed by atoms with van der Waals surface area (Å²) in [6.45, 7) is 1.98. The second-order valence-corrected chi connectivity index (χ2v) is 4.16. The molecule has 2 aromatic rings. The second-order valence-electron chi connectivity index (χ2n) is 3.31. The van der Waals surface area contributed by atoms with Crippen molar-refractivity contribution in [3.8, 4) is 17.5 Å². The van der Waals surface area contributed by atoms with Crippen LogP contribution in [0.3, 0.4) is 0 Å². The summed E-state index contributed by atoms with van der Waals surface area (Å²) in [5.41, 5.74) is 7.51. The number of halogens is 1. The lowest BCUT2D eigenvalue weighted by molar-refractivity contribution is 0.593. The van der Waals surface area contributed by atoms with Gasteiger partial charge in [0.25, 0.3) is 0 Å². The molecule has 0 aliphatic heterocycles. The Balaban J connectivity index is 2.51. The number of oxazole rings is 1. The Hall–Kier alpha value is -1.80. The molecule has 0 radical (unpaired) electrons. The summed E-state index contributed by atoms with van der Waals surface area (Å²) >= 11 is 3.42. The molecule has 2 rings (SSSR count). The number of nitrogens with zero attached hydrogens (tertiary/aromatic N) is 2. The lowest BCUT2D eigenvalue weighted by Crippen LogP contribution is -1.84. The van der Waals surface area contributed by atoms with Crippen LogP contribution in [0.25, 0.3) is 11.5 Å². The van der Waals surface area contributed by atoms with Crippen LogP contribution in [-0.2, 0) is 0 Å². The summed E-state index contributed by atoms with van der Waals surface area (Å²) in [4.78, 5) is 4.00. The average Bonchev–Trinajstić information content (AvgIpc) is 2.64. The molecule has 0 spiro atoms. The summed E-state index contributed by atoms with van der Waals surface area (Å²) in [5.74, 6) is 0.406. The number of benzene rings is 1. The summed E-state index contributed by atoms with van der Waals surface area (Å²) in [5, 5.41) is 8.72. The number of aryl methyl sites for hydroxylation is 1. The molecule has 16 heavy (non-hydrogen) atoms. The van der Waals surface area contributed by atoms with E-state index in [0.29, 0.717) is 5.89 Å². The van der Waals surface area contributed by atoms with Crippen LogP contribution in [0, 0.1) is 18.3 Å². The highest BCUT2D eigenvalue weighted by molar-refractivity contribution is 9.10. The van der Waals surface area contributed by atoms with E-state index in [4.69, 9.17) is 15.4 Å². The van der Waals surface area contributed by atoms with Crippen LogP contribution in [0.1, 0.15) is 11.3 Å². The number of nitrogens with two attached hydrogens (primary N) is 1. The SMILES string of the molecule is Cc1ccc(-c2nc(C#N)c(N)o2)cc1Br. The highest BCUT2D eigenvalue weighted by Gasteiger charge is 2.12. The summed E-state index contributed by atoms with van der Waals surface area (Å²) in [7, 11) is 0. The molecule has 5 heteroatoms. The topological polar surface area (TPSA) is 75.8 Å².